The molecule has 8 rings (SSSR count). The zero-order chi connectivity index (χ0) is 27.3. The summed E-state index contributed by atoms with van der Waals surface area (Å²) in [6, 6.07) is 52.1. The maximum absolute atomic E-state index is 6.69. The first kappa shape index (κ1) is 24.2. The van der Waals surface area contributed by atoms with Crippen LogP contribution in [0.25, 0.3) is 43.8 Å². The van der Waals surface area contributed by atoms with Crippen LogP contribution in [0, 0.1) is 0 Å². The maximum atomic E-state index is 6.69. The third kappa shape index (κ3) is 4.15. The highest BCUT2D eigenvalue weighted by molar-refractivity contribution is 9.10. The molecule has 1 nitrogen and oxygen atoms in total. The summed E-state index contributed by atoms with van der Waals surface area (Å²) in [4.78, 5) is 0. The number of hydrogen-bond acceptors (Lipinski definition) is 1. The molecule has 0 aromatic heterocycles. The second kappa shape index (κ2) is 9.76. The molecule has 0 saturated heterocycles. The van der Waals surface area contributed by atoms with Crippen LogP contribution in [-0.2, 0) is 0 Å². The van der Waals surface area contributed by atoms with Gasteiger partial charge in [-0.15, -0.1) is 0 Å². The van der Waals surface area contributed by atoms with E-state index in [2.05, 4.69) is 162 Å². The van der Waals surface area contributed by atoms with Gasteiger partial charge in [-0.25, -0.2) is 0 Å². The number of fused-ring (bicyclic) bond motifs is 6. The Morgan fingerprint density at radius 2 is 0.976 bits per heavy atom. The molecule has 0 saturated carbocycles. The van der Waals surface area contributed by atoms with Crippen LogP contribution in [0.1, 0.15) is 22.6 Å². The van der Waals surface area contributed by atoms with E-state index in [4.69, 9.17) is 4.74 Å². The third-order valence-corrected chi connectivity index (χ3v) is 8.73. The van der Waals surface area contributed by atoms with Gasteiger partial charge in [0.25, 0.3) is 0 Å². The summed E-state index contributed by atoms with van der Waals surface area (Å²) < 4.78 is 7.77. The Bertz CT molecular complexity index is 1950. The summed E-state index contributed by atoms with van der Waals surface area (Å²) >= 11 is 3.75. The number of hydrogen-bond donors (Lipinski definition) is 0. The minimum absolute atomic E-state index is 0.0174. The zero-order valence-corrected chi connectivity index (χ0v) is 23.8. The predicted molar refractivity (Wildman–Crippen MR) is 174 cm³/mol. The van der Waals surface area contributed by atoms with E-state index in [1.165, 1.54) is 60.5 Å². The van der Waals surface area contributed by atoms with Crippen LogP contribution in [0.15, 0.2) is 150 Å². The molecule has 1 aliphatic rings. The minimum atomic E-state index is 0.0174. The molecule has 0 spiro atoms. The fraction of sp³-hybridized carbons (Fsp3) is 0.0256. The van der Waals surface area contributed by atoms with Gasteiger partial charge in [-0.05, 0) is 85.8 Å². The lowest BCUT2D eigenvalue weighted by Crippen LogP contribution is -2.13. The molecule has 0 atom stereocenters. The van der Waals surface area contributed by atoms with E-state index in [9.17, 15) is 0 Å². The number of rotatable bonds is 3. The maximum Gasteiger partial charge on any atom is 0.132 e. The third-order valence-electron chi connectivity index (χ3n) is 8.24. The average molecular weight is 590 g/mol. The van der Waals surface area contributed by atoms with E-state index in [1.54, 1.807) is 0 Å². The second-order valence-corrected chi connectivity index (χ2v) is 11.6. The molecule has 41 heavy (non-hydrogen) atoms. The molecule has 0 N–H and O–H groups in total. The van der Waals surface area contributed by atoms with Gasteiger partial charge in [0.2, 0.25) is 0 Å². The molecule has 7 aromatic rings. The summed E-state index contributed by atoms with van der Waals surface area (Å²) in [7, 11) is 0. The molecule has 1 heterocycles. The fourth-order valence-corrected chi connectivity index (χ4v) is 6.76. The van der Waals surface area contributed by atoms with Crippen LogP contribution in [0.3, 0.4) is 0 Å². The highest BCUT2D eigenvalue weighted by Crippen LogP contribution is 2.52. The van der Waals surface area contributed by atoms with Crippen LogP contribution >= 0.6 is 15.9 Å². The molecule has 1 aliphatic heterocycles. The first-order chi connectivity index (χ1) is 20.2. The van der Waals surface area contributed by atoms with Gasteiger partial charge in [-0.3, -0.25) is 0 Å². The zero-order valence-electron chi connectivity index (χ0n) is 22.2. The van der Waals surface area contributed by atoms with Gasteiger partial charge < -0.3 is 4.74 Å². The van der Waals surface area contributed by atoms with Crippen molar-refractivity contribution in [2.24, 2.45) is 0 Å². The molecule has 0 unspecified atom stereocenters. The second-order valence-electron chi connectivity index (χ2n) is 10.6. The standard InChI is InChI=1S/C39H25BrO/c40-32-13-7-12-31(24-32)37-38-33-18-14-27(25-8-3-1-4-9-25)22-29(33)16-20-35(38)41-36-21-17-30-23-28(15-19-34(30)39(36)37)26-10-5-2-6-11-26/h1-24,37H. The highest BCUT2D eigenvalue weighted by Gasteiger charge is 2.32. The van der Waals surface area contributed by atoms with Gasteiger partial charge in [0, 0.05) is 21.5 Å². The lowest BCUT2D eigenvalue weighted by atomic mass is 9.78. The van der Waals surface area contributed by atoms with E-state index in [0.717, 1.165) is 16.0 Å². The molecule has 0 fully saturated rings. The lowest BCUT2D eigenvalue weighted by Gasteiger charge is -2.31. The summed E-state index contributed by atoms with van der Waals surface area (Å²) in [6.45, 7) is 0. The van der Waals surface area contributed by atoms with Gasteiger partial charge in [-0.1, -0.05) is 125 Å². The van der Waals surface area contributed by atoms with Crippen LogP contribution in [0.4, 0.5) is 0 Å². The Hall–Kier alpha value is -4.66. The topological polar surface area (TPSA) is 9.23 Å². The van der Waals surface area contributed by atoms with E-state index < -0.39 is 0 Å². The molecule has 2 heteroatoms. The van der Waals surface area contributed by atoms with Crippen molar-refractivity contribution >= 4 is 37.5 Å². The van der Waals surface area contributed by atoms with Gasteiger partial charge in [0.15, 0.2) is 0 Å². The van der Waals surface area contributed by atoms with Crippen molar-refractivity contribution in [2.45, 2.75) is 5.92 Å². The Balaban J connectivity index is 1.37. The average Bonchev–Trinajstić information content (AvgIpc) is 3.03. The monoisotopic (exact) mass is 588 g/mol. The first-order valence-electron chi connectivity index (χ1n) is 13.9. The Morgan fingerprint density at radius 1 is 0.439 bits per heavy atom. The van der Waals surface area contributed by atoms with Gasteiger partial charge in [-0.2, -0.15) is 0 Å². The molecule has 0 amide bonds. The van der Waals surface area contributed by atoms with Crippen molar-refractivity contribution in [1.29, 1.82) is 0 Å². The van der Waals surface area contributed by atoms with Crippen molar-refractivity contribution in [3.63, 3.8) is 0 Å². The van der Waals surface area contributed by atoms with Crippen molar-refractivity contribution < 1.29 is 4.74 Å². The fourth-order valence-electron chi connectivity index (χ4n) is 6.34. The summed E-state index contributed by atoms with van der Waals surface area (Å²) in [6.07, 6.45) is 0. The Morgan fingerprint density at radius 3 is 1.49 bits per heavy atom. The molecular weight excluding hydrogens is 564 g/mol. The molecule has 0 radical (unpaired) electrons. The van der Waals surface area contributed by atoms with Crippen molar-refractivity contribution in [2.75, 3.05) is 0 Å². The van der Waals surface area contributed by atoms with Gasteiger partial charge in [0.1, 0.15) is 11.5 Å². The van der Waals surface area contributed by atoms with E-state index in [0.29, 0.717) is 0 Å². The van der Waals surface area contributed by atoms with Gasteiger partial charge >= 0.3 is 0 Å². The first-order valence-corrected chi connectivity index (χ1v) is 14.7. The van der Waals surface area contributed by atoms with Gasteiger partial charge in [0.05, 0.1) is 0 Å². The largest absolute Gasteiger partial charge is 0.457 e. The predicted octanol–water partition coefficient (Wildman–Crippen LogP) is 11.4. The van der Waals surface area contributed by atoms with Crippen molar-refractivity contribution in [1.82, 2.24) is 0 Å². The Labute approximate surface area is 247 Å². The van der Waals surface area contributed by atoms with Crippen molar-refractivity contribution in [3.05, 3.63) is 167 Å². The SMILES string of the molecule is Brc1cccc(C2c3c(ccc4cc(-c5ccccc5)ccc34)Oc3ccc4cc(-c5ccccc5)ccc4c32)c1. The van der Waals surface area contributed by atoms with Crippen molar-refractivity contribution in [3.8, 4) is 33.8 Å². The van der Waals surface area contributed by atoms with E-state index in [-0.39, 0.29) is 5.92 Å². The quantitative estimate of drug-likeness (QED) is 0.199. The lowest BCUT2D eigenvalue weighted by molar-refractivity contribution is 0.456. The number of ether oxygens (including phenoxy) is 1. The smallest absolute Gasteiger partial charge is 0.132 e. The molecule has 0 bridgehead atoms. The number of benzene rings is 7. The van der Waals surface area contributed by atoms with Crippen LogP contribution in [0.5, 0.6) is 11.5 Å². The number of halogens is 1. The normalized spacial score (nSPS) is 12.6. The molecule has 194 valence electrons. The van der Waals surface area contributed by atoms with E-state index in [1.807, 2.05) is 0 Å². The van der Waals surface area contributed by atoms with E-state index >= 15 is 0 Å². The highest BCUT2D eigenvalue weighted by atomic mass is 79.9. The summed E-state index contributed by atoms with van der Waals surface area (Å²) in [5.74, 6) is 1.86. The molecule has 0 aliphatic carbocycles. The minimum Gasteiger partial charge on any atom is -0.457 e. The molecule has 7 aromatic carbocycles. The van der Waals surface area contributed by atoms with Crippen LogP contribution in [-0.4, -0.2) is 0 Å². The summed E-state index contributed by atoms with van der Waals surface area (Å²) in [5, 5.41) is 4.86. The van der Waals surface area contributed by atoms with Crippen LogP contribution in [0.2, 0.25) is 0 Å². The Kier molecular flexibility index (Phi) is 5.75. The summed E-state index contributed by atoms with van der Waals surface area (Å²) in [5.41, 5.74) is 8.54. The molecular formula is C39H25BrO. The van der Waals surface area contributed by atoms with Crippen LogP contribution < -0.4 is 4.74 Å².